The van der Waals surface area contributed by atoms with Crippen molar-refractivity contribution in [3.63, 3.8) is 0 Å². The lowest BCUT2D eigenvalue weighted by Crippen LogP contribution is -2.35. The molecule has 0 aliphatic carbocycles. The predicted octanol–water partition coefficient (Wildman–Crippen LogP) is 2.93. The summed E-state index contributed by atoms with van der Waals surface area (Å²) < 4.78 is 27.3. The normalized spacial score (nSPS) is 25.5. The van der Waals surface area contributed by atoms with Gasteiger partial charge >= 0.3 is 11.9 Å². The molecule has 0 radical (unpaired) electrons. The number of H-pyrrole nitrogens is 3. The first-order valence-corrected chi connectivity index (χ1v) is 17.2. The van der Waals surface area contributed by atoms with Crippen molar-refractivity contribution in [1.82, 2.24) is 15.0 Å². The molecule has 21 nitrogen and oxygen atoms in total. The largest absolute Gasteiger partial charge is 0.478 e. The van der Waals surface area contributed by atoms with E-state index in [9.17, 15) is 39.7 Å². The number of hydrogen-bond acceptors (Lipinski definition) is 18. The molecule has 3 aromatic rings. The number of aromatic amines is 3. The highest BCUT2D eigenvalue weighted by atomic mass is 35.5. The standard InChI is InChI=1S/C12H12N2O7S.C6H4ClNOS.C6H9NO6.C6H5NO2S/c15-12(6-2-1-3-13-11(6)22)20-7-4-18-10-8(21-14(16)17)5-19-9(7)10;7-5(9)4-2-1-3-8-6(4)10;8-3-1-11-6-4(13-7(9)10)2-12-5(3)6;8-6(9)4-2-1-3-7-5(4)10/h1-3,7-10H,4-5H2,(H,13,22);1-3H,(H,8,10);3-6,8H,1-2H2;1-3H,(H,7,10)(H,8,9)/t7-,8+,9+,10+;;3-,4+,5+,6+;/m0.0./s1. The number of halogens is 1. The number of carbonyl (C=O) groups excluding carboxylic acids is 2. The van der Waals surface area contributed by atoms with E-state index in [2.05, 4.69) is 24.6 Å². The van der Waals surface area contributed by atoms with Crippen LogP contribution in [0.2, 0.25) is 0 Å². The zero-order valence-corrected chi connectivity index (χ0v) is 31.0. The number of carboxylic acids is 1. The maximum absolute atomic E-state index is 12.1. The minimum absolute atomic E-state index is 0.00969. The molecule has 4 saturated heterocycles. The first-order chi connectivity index (χ1) is 26.2. The molecule has 55 heavy (non-hydrogen) atoms. The van der Waals surface area contributed by atoms with Crippen LogP contribution < -0.4 is 0 Å². The van der Waals surface area contributed by atoms with Gasteiger partial charge < -0.3 is 58.5 Å². The van der Waals surface area contributed by atoms with Crippen LogP contribution in [0.25, 0.3) is 0 Å². The Hall–Kier alpha value is -4.79. The van der Waals surface area contributed by atoms with Crippen LogP contribution in [0, 0.1) is 34.2 Å². The van der Waals surface area contributed by atoms with Gasteiger partial charge in [-0.25, -0.2) is 9.59 Å². The van der Waals surface area contributed by atoms with Crippen LogP contribution in [0.4, 0.5) is 0 Å². The van der Waals surface area contributed by atoms with Crippen LogP contribution in [0.3, 0.4) is 0 Å². The van der Waals surface area contributed by atoms with Crippen molar-refractivity contribution in [2.24, 2.45) is 0 Å². The van der Waals surface area contributed by atoms with Crippen molar-refractivity contribution in [1.29, 1.82) is 0 Å². The summed E-state index contributed by atoms with van der Waals surface area (Å²) in [7, 11) is 0. The van der Waals surface area contributed by atoms with Crippen LogP contribution in [0.15, 0.2) is 55.0 Å². The second-order valence-corrected chi connectivity index (χ2v) is 12.8. The first-order valence-electron chi connectivity index (χ1n) is 15.6. The maximum Gasteiger partial charge on any atom is 0.341 e. The lowest BCUT2D eigenvalue weighted by Gasteiger charge is -2.16. The fraction of sp³-hybridized carbons (Fsp3) is 0.400. The number of pyridine rings is 3. The van der Waals surface area contributed by atoms with Gasteiger partial charge in [0.1, 0.15) is 44.4 Å². The lowest BCUT2D eigenvalue weighted by atomic mass is 10.1. The molecule has 0 saturated carbocycles. The Morgan fingerprint density at radius 3 is 1.51 bits per heavy atom. The molecule has 4 aliphatic rings. The fourth-order valence-electron chi connectivity index (χ4n) is 5.33. The number of fused-ring (bicyclic) bond motifs is 2. The van der Waals surface area contributed by atoms with E-state index in [0.717, 1.165) is 0 Å². The number of rotatable bonds is 8. The molecule has 0 unspecified atom stereocenters. The number of esters is 1. The van der Waals surface area contributed by atoms with Crippen molar-refractivity contribution < 1.29 is 68.1 Å². The molecule has 4 fully saturated rings. The molecular formula is C30H30ClN5O16S3. The molecule has 296 valence electrons. The summed E-state index contributed by atoms with van der Waals surface area (Å²) in [6.45, 7) is 0.331. The van der Waals surface area contributed by atoms with Gasteiger partial charge in [0.05, 0.1) is 43.1 Å². The van der Waals surface area contributed by atoms with Crippen LogP contribution in [0.5, 0.6) is 0 Å². The van der Waals surface area contributed by atoms with Gasteiger partial charge in [-0.2, -0.15) is 0 Å². The van der Waals surface area contributed by atoms with E-state index in [0.29, 0.717) is 10.2 Å². The smallest absolute Gasteiger partial charge is 0.341 e. The molecule has 0 amide bonds. The Labute approximate surface area is 328 Å². The summed E-state index contributed by atoms with van der Waals surface area (Å²) in [5, 5.41) is 35.9. The quantitative estimate of drug-likeness (QED) is 0.0716. The monoisotopic (exact) mass is 847 g/mol. The molecule has 0 aromatic carbocycles. The summed E-state index contributed by atoms with van der Waals surface area (Å²) >= 11 is 19.7. The van der Waals surface area contributed by atoms with E-state index in [4.69, 9.17) is 77.0 Å². The predicted molar refractivity (Wildman–Crippen MR) is 190 cm³/mol. The summed E-state index contributed by atoms with van der Waals surface area (Å²) in [4.78, 5) is 70.3. The van der Waals surface area contributed by atoms with Crippen LogP contribution in [0.1, 0.15) is 31.1 Å². The number of aliphatic hydroxyl groups excluding tert-OH is 1. The zero-order chi connectivity index (χ0) is 40.2. The van der Waals surface area contributed by atoms with Gasteiger partial charge in [0.15, 0.2) is 18.3 Å². The molecular weight excluding hydrogens is 818 g/mol. The zero-order valence-electron chi connectivity index (χ0n) is 27.8. The first kappa shape index (κ1) is 42.9. The third kappa shape index (κ3) is 11.8. The Kier molecular flexibility index (Phi) is 15.8. The van der Waals surface area contributed by atoms with E-state index < -0.39 is 76.2 Å². The Morgan fingerprint density at radius 2 is 1.09 bits per heavy atom. The maximum atomic E-state index is 12.1. The average molecular weight is 848 g/mol. The highest BCUT2D eigenvalue weighted by Gasteiger charge is 2.51. The van der Waals surface area contributed by atoms with Crippen LogP contribution in [-0.4, -0.2) is 128 Å². The molecule has 7 rings (SSSR count). The highest BCUT2D eigenvalue weighted by molar-refractivity contribution is 7.71. The summed E-state index contributed by atoms with van der Waals surface area (Å²) in [6.07, 6.45) is -0.263. The van der Waals surface area contributed by atoms with Gasteiger partial charge in [-0.3, -0.25) is 4.79 Å². The fourth-order valence-corrected chi connectivity index (χ4v) is 6.21. The molecule has 7 heterocycles. The molecule has 8 atom stereocenters. The number of aliphatic hydroxyl groups is 1. The van der Waals surface area contributed by atoms with Crippen molar-refractivity contribution in [2.45, 2.75) is 48.8 Å². The summed E-state index contributed by atoms with van der Waals surface area (Å²) in [5.41, 5.74) is 0.716. The highest BCUT2D eigenvalue weighted by Crippen LogP contribution is 2.31. The molecule has 3 aromatic heterocycles. The van der Waals surface area contributed by atoms with Crippen molar-refractivity contribution in [3.05, 3.63) is 106 Å². The third-order valence-electron chi connectivity index (χ3n) is 7.76. The Balaban J connectivity index is 0.000000175. The number of carboxylic acid groups (broad SMARTS) is 1. The van der Waals surface area contributed by atoms with Crippen molar-refractivity contribution >= 4 is 65.4 Å². The number of nitrogens with zero attached hydrogens (tertiary/aromatic N) is 2. The molecule has 0 spiro atoms. The molecule has 4 aliphatic heterocycles. The Bertz CT molecular complexity index is 1970. The van der Waals surface area contributed by atoms with E-state index in [1.165, 1.54) is 6.07 Å². The van der Waals surface area contributed by atoms with Crippen LogP contribution in [-0.2, 0) is 33.4 Å². The minimum atomic E-state index is -0.998. The van der Waals surface area contributed by atoms with E-state index >= 15 is 0 Å². The van der Waals surface area contributed by atoms with Gasteiger partial charge in [0.25, 0.3) is 15.4 Å². The third-order valence-corrected chi connectivity index (χ3v) is 8.98. The number of ether oxygens (including phenoxy) is 5. The Morgan fingerprint density at radius 1 is 0.691 bits per heavy atom. The van der Waals surface area contributed by atoms with Crippen LogP contribution >= 0.6 is 48.3 Å². The summed E-state index contributed by atoms with van der Waals surface area (Å²) in [5.74, 6) is -1.60. The number of nitrogens with one attached hydrogen (secondary N) is 3. The van der Waals surface area contributed by atoms with E-state index in [1.54, 1.807) is 48.9 Å². The second-order valence-electron chi connectivity index (χ2n) is 11.3. The lowest BCUT2D eigenvalue weighted by molar-refractivity contribution is -0.769. The molecule has 5 N–H and O–H groups in total. The number of hydrogen-bond donors (Lipinski definition) is 5. The second kappa shape index (κ2) is 20.2. The molecule has 25 heteroatoms. The SMILES string of the molecule is O=C(Cl)c1ccc[nH]c1=S.O=C(O)c1ccc[nH]c1=S.O=C(O[C@H]1CO[C@H]2[C@@H]1OC[C@H]2O[N+](=O)[O-])c1ccc[nH]c1=S.O=[N+]([O-])O[C@@H]1CO[C@H]2[C@@H]1OC[C@@H]2O. The van der Waals surface area contributed by atoms with E-state index in [1.807, 2.05) is 0 Å². The van der Waals surface area contributed by atoms with Gasteiger partial charge in [-0.1, -0.05) is 36.7 Å². The van der Waals surface area contributed by atoms with Crippen molar-refractivity contribution in [3.8, 4) is 0 Å². The van der Waals surface area contributed by atoms with Gasteiger partial charge in [0.2, 0.25) is 0 Å². The topological polar surface area (TPSA) is 290 Å². The van der Waals surface area contributed by atoms with Gasteiger partial charge in [0, 0.05) is 18.6 Å². The van der Waals surface area contributed by atoms with Gasteiger partial charge in [-0.15, -0.1) is 20.2 Å². The van der Waals surface area contributed by atoms with Crippen molar-refractivity contribution in [2.75, 3.05) is 26.4 Å². The minimum Gasteiger partial charge on any atom is -0.478 e. The summed E-state index contributed by atoms with van der Waals surface area (Å²) in [6, 6.07) is 9.48. The number of aromatic carboxylic acids is 1. The molecule has 0 bridgehead atoms. The number of aromatic nitrogens is 3. The average Bonchev–Trinajstić information content (AvgIpc) is 3.91. The van der Waals surface area contributed by atoms with E-state index in [-0.39, 0.29) is 46.8 Å². The van der Waals surface area contributed by atoms with Gasteiger partial charge in [-0.05, 0) is 48.0 Å². The number of carbonyl (C=O) groups is 3.